The number of carbonyl (C=O) groups excluding carboxylic acids is 1. The van der Waals surface area contributed by atoms with Crippen LogP contribution in [0.1, 0.15) is 60.1 Å². The van der Waals surface area contributed by atoms with Gasteiger partial charge in [0.1, 0.15) is 0 Å². The summed E-state index contributed by atoms with van der Waals surface area (Å²) >= 11 is 1.88. The molecule has 4 rings (SSSR count). The molecule has 1 saturated carbocycles. The number of rotatable bonds is 5. The van der Waals surface area contributed by atoms with Gasteiger partial charge in [0, 0.05) is 35.8 Å². The molecule has 0 spiro atoms. The van der Waals surface area contributed by atoms with Crippen LogP contribution in [0.15, 0.2) is 23.6 Å². The number of benzene rings is 1. The number of nitrogens with zero attached hydrogens (tertiary/aromatic N) is 1. The van der Waals surface area contributed by atoms with Crippen LogP contribution in [-0.4, -0.2) is 12.5 Å². The molecule has 0 radical (unpaired) electrons. The van der Waals surface area contributed by atoms with Crippen LogP contribution in [-0.2, 0) is 17.8 Å². The van der Waals surface area contributed by atoms with E-state index in [2.05, 4.69) is 47.6 Å². The zero-order valence-corrected chi connectivity index (χ0v) is 17.3. The Kier molecular flexibility index (Phi) is 5.53. The largest absolute Gasteiger partial charge is 0.367 e. The van der Waals surface area contributed by atoms with Crippen molar-refractivity contribution in [1.29, 1.82) is 0 Å². The number of anilines is 2. The third-order valence-corrected chi connectivity index (χ3v) is 7.23. The Hall–Kier alpha value is -1.81. The van der Waals surface area contributed by atoms with Gasteiger partial charge in [0.2, 0.25) is 5.91 Å². The standard InChI is InChI=1S/C23H30N2OS/c1-16-13-20(25-11-9-21-19(15-25)10-12-27-21)14-17(2)23(16)24-22(26)8-7-18-5-3-4-6-18/h10,12-14,18H,3-9,11,15H2,1-2H3,(H,24,26). The van der Waals surface area contributed by atoms with Gasteiger partial charge in [0.25, 0.3) is 0 Å². The summed E-state index contributed by atoms with van der Waals surface area (Å²) in [6, 6.07) is 6.72. The van der Waals surface area contributed by atoms with E-state index in [1.165, 1.54) is 41.8 Å². The number of carbonyl (C=O) groups is 1. The minimum absolute atomic E-state index is 0.168. The minimum atomic E-state index is 0.168. The SMILES string of the molecule is Cc1cc(N2CCc3sccc3C2)cc(C)c1NC(=O)CCC1CCCC1. The van der Waals surface area contributed by atoms with Crippen LogP contribution in [0.25, 0.3) is 0 Å². The number of thiophene rings is 1. The summed E-state index contributed by atoms with van der Waals surface area (Å²) in [6.45, 7) is 6.29. The van der Waals surface area contributed by atoms with Gasteiger partial charge in [0.15, 0.2) is 0 Å². The summed E-state index contributed by atoms with van der Waals surface area (Å²) in [7, 11) is 0. The van der Waals surface area contributed by atoms with E-state index in [-0.39, 0.29) is 5.91 Å². The quantitative estimate of drug-likeness (QED) is 0.705. The lowest BCUT2D eigenvalue weighted by Gasteiger charge is -2.30. The Bertz CT molecular complexity index is 797. The fraction of sp³-hybridized carbons (Fsp3) is 0.522. The van der Waals surface area contributed by atoms with Gasteiger partial charge < -0.3 is 10.2 Å². The van der Waals surface area contributed by atoms with E-state index in [9.17, 15) is 4.79 Å². The molecule has 1 fully saturated rings. The van der Waals surface area contributed by atoms with Crippen molar-refractivity contribution in [2.75, 3.05) is 16.8 Å². The molecule has 1 aromatic carbocycles. The van der Waals surface area contributed by atoms with Gasteiger partial charge in [0.05, 0.1) is 0 Å². The maximum Gasteiger partial charge on any atom is 0.224 e. The van der Waals surface area contributed by atoms with Crippen LogP contribution in [0.5, 0.6) is 0 Å². The van der Waals surface area contributed by atoms with Crippen molar-refractivity contribution in [3.63, 3.8) is 0 Å². The zero-order chi connectivity index (χ0) is 18.8. The summed E-state index contributed by atoms with van der Waals surface area (Å²) in [5.74, 6) is 0.933. The van der Waals surface area contributed by atoms with E-state index in [0.29, 0.717) is 6.42 Å². The minimum Gasteiger partial charge on any atom is -0.367 e. The molecule has 1 aromatic heterocycles. The third kappa shape index (κ3) is 4.21. The van der Waals surface area contributed by atoms with Crippen molar-refractivity contribution in [3.05, 3.63) is 45.1 Å². The second-order valence-corrected chi connectivity index (χ2v) is 9.23. The van der Waals surface area contributed by atoms with E-state index in [1.54, 1.807) is 0 Å². The molecule has 3 nitrogen and oxygen atoms in total. The molecule has 1 aliphatic carbocycles. The van der Waals surface area contributed by atoms with Crippen LogP contribution in [0.2, 0.25) is 0 Å². The second-order valence-electron chi connectivity index (χ2n) is 8.23. The Morgan fingerprint density at radius 2 is 1.96 bits per heavy atom. The highest BCUT2D eigenvalue weighted by Gasteiger charge is 2.20. The van der Waals surface area contributed by atoms with Gasteiger partial charge in [-0.05, 0) is 72.9 Å². The summed E-state index contributed by atoms with van der Waals surface area (Å²) in [5, 5.41) is 5.39. The van der Waals surface area contributed by atoms with E-state index in [0.717, 1.165) is 48.7 Å². The Morgan fingerprint density at radius 1 is 1.22 bits per heavy atom. The molecule has 2 heterocycles. The van der Waals surface area contributed by atoms with E-state index < -0.39 is 0 Å². The van der Waals surface area contributed by atoms with Crippen molar-refractivity contribution < 1.29 is 4.79 Å². The Morgan fingerprint density at radius 3 is 2.70 bits per heavy atom. The molecule has 1 aliphatic heterocycles. The molecule has 2 aliphatic rings. The van der Waals surface area contributed by atoms with Gasteiger partial charge in [-0.3, -0.25) is 4.79 Å². The maximum atomic E-state index is 12.4. The summed E-state index contributed by atoms with van der Waals surface area (Å²) < 4.78 is 0. The van der Waals surface area contributed by atoms with Gasteiger partial charge in [-0.2, -0.15) is 0 Å². The molecular formula is C23H30N2OS. The molecule has 0 bridgehead atoms. The van der Waals surface area contributed by atoms with E-state index in [1.807, 2.05) is 11.3 Å². The lowest BCUT2D eigenvalue weighted by atomic mass is 10.0. The molecule has 2 aromatic rings. The van der Waals surface area contributed by atoms with Gasteiger partial charge >= 0.3 is 0 Å². The topological polar surface area (TPSA) is 32.3 Å². The van der Waals surface area contributed by atoms with Crippen LogP contribution >= 0.6 is 11.3 Å². The molecule has 1 N–H and O–H groups in total. The van der Waals surface area contributed by atoms with Crippen molar-refractivity contribution in [2.24, 2.45) is 5.92 Å². The number of nitrogens with one attached hydrogen (secondary N) is 1. The van der Waals surface area contributed by atoms with Crippen molar-refractivity contribution in [2.45, 2.75) is 65.3 Å². The normalized spacial score (nSPS) is 17.2. The number of hydrogen-bond acceptors (Lipinski definition) is 3. The number of hydrogen-bond donors (Lipinski definition) is 1. The summed E-state index contributed by atoms with van der Waals surface area (Å²) in [4.78, 5) is 16.4. The molecular weight excluding hydrogens is 352 g/mol. The molecule has 0 saturated heterocycles. The predicted molar refractivity (Wildman–Crippen MR) is 115 cm³/mol. The summed E-state index contributed by atoms with van der Waals surface area (Å²) in [6.07, 6.45) is 8.12. The first kappa shape index (κ1) is 18.5. The van der Waals surface area contributed by atoms with Gasteiger partial charge in [-0.15, -0.1) is 11.3 Å². The van der Waals surface area contributed by atoms with Crippen LogP contribution < -0.4 is 10.2 Å². The lowest BCUT2D eigenvalue weighted by molar-refractivity contribution is -0.116. The number of amides is 1. The molecule has 4 heteroatoms. The molecule has 144 valence electrons. The van der Waals surface area contributed by atoms with E-state index in [4.69, 9.17) is 0 Å². The molecule has 27 heavy (non-hydrogen) atoms. The fourth-order valence-corrected chi connectivity index (χ4v) is 5.52. The average Bonchev–Trinajstić information content (AvgIpc) is 3.33. The highest BCUT2D eigenvalue weighted by atomic mass is 32.1. The first-order valence-corrected chi connectivity index (χ1v) is 11.2. The monoisotopic (exact) mass is 382 g/mol. The smallest absolute Gasteiger partial charge is 0.224 e. The first-order chi connectivity index (χ1) is 13.1. The number of fused-ring (bicyclic) bond motifs is 1. The Balaban J connectivity index is 1.41. The first-order valence-electron chi connectivity index (χ1n) is 10.3. The highest BCUT2D eigenvalue weighted by Crippen LogP contribution is 2.32. The van der Waals surface area contributed by atoms with Crippen LogP contribution in [0, 0.1) is 19.8 Å². The van der Waals surface area contributed by atoms with Crippen molar-refractivity contribution in [3.8, 4) is 0 Å². The molecule has 1 amide bonds. The van der Waals surface area contributed by atoms with Crippen LogP contribution in [0.4, 0.5) is 11.4 Å². The highest BCUT2D eigenvalue weighted by molar-refractivity contribution is 7.10. The van der Waals surface area contributed by atoms with Crippen molar-refractivity contribution >= 4 is 28.6 Å². The van der Waals surface area contributed by atoms with Crippen LogP contribution in [0.3, 0.4) is 0 Å². The lowest BCUT2D eigenvalue weighted by Crippen LogP contribution is -2.29. The molecule has 0 unspecified atom stereocenters. The van der Waals surface area contributed by atoms with E-state index >= 15 is 0 Å². The van der Waals surface area contributed by atoms with Gasteiger partial charge in [-0.1, -0.05) is 25.7 Å². The second kappa shape index (κ2) is 8.05. The molecule has 0 atom stereocenters. The third-order valence-electron chi connectivity index (χ3n) is 6.21. The predicted octanol–water partition coefficient (Wildman–Crippen LogP) is 5.84. The zero-order valence-electron chi connectivity index (χ0n) is 16.5. The van der Waals surface area contributed by atoms with Crippen molar-refractivity contribution in [1.82, 2.24) is 0 Å². The number of aryl methyl sites for hydroxylation is 2. The fourth-order valence-electron chi connectivity index (χ4n) is 4.63. The Labute approximate surface area is 166 Å². The average molecular weight is 383 g/mol. The van der Waals surface area contributed by atoms with Gasteiger partial charge in [-0.25, -0.2) is 0 Å². The maximum absolute atomic E-state index is 12.4. The summed E-state index contributed by atoms with van der Waals surface area (Å²) in [5.41, 5.74) is 6.06.